The van der Waals surface area contributed by atoms with Crippen molar-refractivity contribution in [1.82, 2.24) is 5.32 Å². The van der Waals surface area contributed by atoms with Crippen molar-refractivity contribution in [2.75, 3.05) is 6.54 Å². The first-order valence-electron chi connectivity index (χ1n) is 6.42. The number of hydrogen-bond donors (Lipinski definition) is 1. The number of hydrogen-bond acceptors (Lipinski definition) is 2. The fraction of sp³-hybridized carbons (Fsp3) is 0.333. The molecule has 1 aromatic heterocycles. The summed E-state index contributed by atoms with van der Waals surface area (Å²) < 4.78 is 14.2. The summed E-state index contributed by atoms with van der Waals surface area (Å²) in [5.74, 6) is -0.215. The highest BCUT2D eigenvalue weighted by Gasteiger charge is 2.16. The van der Waals surface area contributed by atoms with Crippen molar-refractivity contribution in [3.63, 3.8) is 0 Å². The second-order valence-electron chi connectivity index (χ2n) is 4.32. The molecular formula is C15H17BrFNS. The van der Waals surface area contributed by atoms with Gasteiger partial charge in [-0.3, -0.25) is 0 Å². The molecule has 0 aliphatic carbocycles. The van der Waals surface area contributed by atoms with Gasteiger partial charge in [0.05, 0.1) is 10.5 Å². The van der Waals surface area contributed by atoms with Gasteiger partial charge in [0.15, 0.2) is 0 Å². The molecule has 0 saturated heterocycles. The summed E-state index contributed by atoms with van der Waals surface area (Å²) in [6.45, 7) is 5.06. The topological polar surface area (TPSA) is 12.0 Å². The Morgan fingerprint density at radius 2 is 2.05 bits per heavy atom. The maximum absolute atomic E-state index is 13.7. The number of benzene rings is 1. The molecule has 2 aromatic rings. The Labute approximate surface area is 126 Å². The second-order valence-corrected chi connectivity index (χ2v) is 6.38. The molecule has 0 fully saturated rings. The molecule has 4 heteroatoms. The highest BCUT2D eigenvalue weighted by Crippen LogP contribution is 2.30. The summed E-state index contributed by atoms with van der Waals surface area (Å²) >= 11 is 4.99. The average molecular weight is 342 g/mol. The zero-order chi connectivity index (χ0) is 13.8. The Morgan fingerprint density at radius 3 is 2.63 bits per heavy atom. The van der Waals surface area contributed by atoms with Gasteiger partial charge in [-0.05, 0) is 58.7 Å². The zero-order valence-corrected chi connectivity index (χ0v) is 13.4. The third-order valence-electron chi connectivity index (χ3n) is 3.00. The second kappa shape index (κ2) is 6.64. The summed E-state index contributed by atoms with van der Waals surface area (Å²) in [7, 11) is 0. The van der Waals surface area contributed by atoms with Crippen molar-refractivity contribution < 1.29 is 4.39 Å². The summed E-state index contributed by atoms with van der Waals surface area (Å²) in [6.07, 6.45) is 1.04. The van der Waals surface area contributed by atoms with Crippen LogP contribution in [0.1, 0.15) is 35.2 Å². The van der Waals surface area contributed by atoms with Crippen molar-refractivity contribution in [2.24, 2.45) is 0 Å². The summed E-state index contributed by atoms with van der Waals surface area (Å²) in [4.78, 5) is 2.59. The van der Waals surface area contributed by atoms with Gasteiger partial charge >= 0.3 is 0 Å². The van der Waals surface area contributed by atoms with Crippen LogP contribution < -0.4 is 5.32 Å². The predicted molar refractivity (Wildman–Crippen MR) is 83.3 cm³/mol. The first kappa shape index (κ1) is 14.7. The maximum atomic E-state index is 13.7. The third-order valence-corrected chi connectivity index (χ3v) is 4.94. The van der Waals surface area contributed by atoms with E-state index >= 15 is 0 Å². The van der Waals surface area contributed by atoms with Crippen LogP contribution in [0.15, 0.2) is 34.8 Å². The smallest absolute Gasteiger partial charge is 0.137 e. The van der Waals surface area contributed by atoms with Crippen LogP contribution in [-0.2, 0) is 6.42 Å². The first-order valence-corrected chi connectivity index (χ1v) is 8.03. The van der Waals surface area contributed by atoms with E-state index in [0.717, 1.165) is 18.5 Å². The first-order chi connectivity index (χ1) is 9.15. The third kappa shape index (κ3) is 3.44. The molecule has 0 aliphatic heterocycles. The minimum absolute atomic E-state index is 0.0675. The van der Waals surface area contributed by atoms with E-state index in [4.69, 9.17) is 0 Å². The van der Waals surface area contributed by atoms with Crippen molar-refractivity contribution in [1.29, 1.82) is 0 Å². The van der Waals surface area contributed by atoms with Gasteiger partial charge in [-0.15, -0.1) is 11.3 Å². The van der Waals surface area contributed by atoms with Gasteiger partial charge in [0.25, 0.3) is 0 Å². The van der Waals surface area contributed by atoms with E-state index in [1.807, 2.05) is 6.07 Å². The van der Waals surface area contributed by atoms with Crippen molar-refractivity contribution in [2.45, 2.75) is 26.3 Å². The zero-order valence-electron chi connectivity index (χ0n) is 11.0. The fourth-order valence-corrected chi connectivity index (χ4v) is 3.32. The summed E-state index contributed by atoms with van der Waals surface area (Å²) in [6, 6.07) is 9.69. The molecule has 1 nitrogen and oxygen atoms in total. The number of halogens is 2. The van der Waals surface area contributed by atoms with Gasteiger partial charge < -0.3 is 5.32 Å². The molecule has 0 spiro atoms. The standard InChI is InChI=1S/C15H17BrFNS/c1-3-11-6-8-14(19-11)15(18-4-2)10-5-7-12(16)13(17)9-10/h5-9,15,18H,3-4H2,1-2H3. The quantitative estimate of drug-likeness (QED) is 0.814. The number of aryl methyl sites for hydroxylation is 1. The SMILES string of the molecule is CCNC(c1ccc(Br)c(F)c1)c1ccc(CC)s1. The van der Waals surface area contributed by atoms with E-state index in [0.29, 0.717) is 4.47 Å². The van der Waals surface area contributed by atoms with Gasteiger partial charge in [0.1, 0.15) is 5.82 Å². The lowest BCUT2D eigenvalue weighted by Crippen LogP contribution is -2.21. The van der Waals surface area contributed by atoms with Crippen LogP contribution in [0.3, 0.4) is 0 Å². The molecule has 0 radical (unpaired) electrons. The van der Waals surface area contributed by atoms with Gasteiger partial charge in [0.2, 0.25) is 0 Å². The van der Waals surface area contributed by atoms with Gasteiger partial charge in [-0.2, -0.15) is 0 Å². The van der Waals surface area contributed by atoms with E-state index in [1.165, 1.54) is 9.75 Å². The minimum Gasteiger partial charge on any atom is -0.306 e. The maximum Gasteiger partial charge on any atom is 0.137 e. The van der Waals surface area contributed by atoms with E-state index in [9.17, 15) is 4.39 Å². The van der Waals surface area contributed by atoms with Gasteiger partial charge in [-0.1, -0.05) is 19.9 Å². The summed E-state index contributed by atoms with van der Waals surface area (Å²) in [5, 5.41) is 3.43. The molecule has 2 rings (SSSR count). The Kier molecular flexibility index (Phi) is 5.13. The predicted octanol–water partition coefficient (Wildman–Crippen LogP) is 4.91. The monoisotopic (exact) mass is 341 g/mol. The Hall–Kier alpha value is -0.710. The molecule has 0 aliphatic rings. The lowest BCUT2D eigenvalue weighted by Gasteiger charge is -2.17. The number of rotatable bonds is 5. The van der Waals surface area contributed by atoms with Gasteiger partial charge in [-0.25, -0.2) is 4.39 Å². The largest absolute Gasteiger partial charge is 0.306 e. The molecule has 0 amide bonds. The molecule has 19 heavy (non-hydrogen) atoms. The molecule has 1 heterocycles. The number of thiophene rings is 1. The Balaban J connectivity index is 2.35. The van der Waals surface area contributed by atoms with Crippen LogP contribution in [0, 0.1) is 5.82 Å². The molecule has 0 bridgehead atoms. The Bertz CT molecular complexity index is 553. The van der Waals surface area contributed by atoms with Crippen molar-refractivity contribution in [3.8, 4) is 0 Å². The van der Waals surface area contributed by atoms with Crippen LogP contribution in [0.5, 0.6) is 0 Å². The van der Waals surface area contributed by atoms with Crippen molar-refractivity contribution >= 4 is 27.3 Å². The molecule has 102 valence electrons. The van der Waals surface area contributed by atoms with Crippen LogP contribution in [0.2, 0.25) is 0 Å². The van der Waals surface area contributed by atoms with E-state index < -0.39 is 0 Å². The normalized spacial score (nSPS) is 12.6. The van der Waals surface area contributed by atoms with Crippen LogP contribution in [-0.4, -0.2) is 6.54 Å². The van der Waals surface area contributed by atoms with Crippen LogP contribution in [0.4, 0.5) is 4.39 Å². The fourth-order valence-electron chi connectivity index (χ4n) is 2.02. The summed E-state index contributed by atoms with van der Waals surface area (Å²) in [5.41, 5.74) is 0.965. The van der Waals surface area contributed by atoms with Crippen LogP contribution in [0.25, 0.3) is 0 Å². The lowest BCUT2D eigenvalue weighted by atomic mass is 10.1. The highest BCUT2D eigenvalue weighted by atomic mass is 79.9. The molecule has 1 atom stereocenters. The van der Waals surface area contributed by atoms with E-state index in [1.54, 1.807) is 23.5 Å². The number of nitrogens with one attached hydrogen (secondary N) is 1. The molecule has 1 N–H and O–H groups in total. The molecule has 0 saturated carbocycles. The van der Waals surface area contributed by atoms with Gasteiger partial charge in [0, 0.05) is 9.75 Å². The molecule has 1 aromatic carbocycles. The average Bonchev–Trinajstić information content (AvgIpc) is 2.88. The molecule has 1 unspecified atom stereocenters. The van der Waals surface area contributed by atoms with Crippen LogP contribution >= 0.6 is 27.3 Å². The minimum atomic E-state index is -0.215. The van der Waals surface area contributed by atoms with Crippen molar-refractivity contribution in [3.05, 3.63) is 55.9 Å². The van der Waals surface area contributed by atoms with E-state index in [-0.39, 0.29) is 11.9 Å². The lowest BCUT2D eigenvalue weighted by molar-refractivity contribution is 0.602. The highest BCUT2D eigenvalue weighted by molar-refractivity contribution is 9.10. The van der Waals surface area contributed by atoms with E-state index in [2.05, 4.69) is 47.2 Å². The Morgan fingerprint density at radius 1 is 1.26 bits per heavy atom. The molecular weight excluding hydrogens is 325 g/mol.